The fourth-order valence-electron chi connectivity index (χ4n) is 1.75. The molecule has 1 fully saturated rings. The van der Waals surface area contributed by atoms with E-state index < -0.39 is 0 Å². The van der Waals surface area contributed by atoms with E-state index in [0.717, 1.165) is 11.3 Å². The van der Waals surface area contributed by atoms with Crippen LogP contribution in [0.25, 0.3) is 0 Å². The van der Waals surface area contributed by atoms with Crippen molar-refractivity contribution < 1.29 is 5.11 Å². The first-order valence-corrected chi connectivity index (χ1v) is 5.30. The summed E-state index contributed by atoms with van der Waals surface area (Å²) in [5.74, 6) is 0.530. The molecular formula is C11H14N4O. The molecule has 1 saturated carbocycles. The van der Waals surface area contributed by atoms with Gasteiger partial charge >= 0.3 is 0 Å². The Morgan fingerprint density at radius 2 is 2.06 bits per heavy atom. The van der Waals surface area contributed by atoms with Crippen LogP contribution in [0.15, 0.2) is 0 Å². The first-order chi connectivity index (χ1) is 7.61. The van der Waals surface area contributed by atoms with Gasteiger partial charge in [0, 0.05) is 6.04 Å². The van der Waals surface area contributed by atoms with E-state index in [0.29, 0.717) is 24.2 Å². The van der Waals surface area contributed by atoms with E-state index in [1.54, 1.807) is 0 Å². The Morgan fingerprint density at radius 3 is 2.62 bits per heavy atom. The minimum atomic E-state index is -0.220. The molecule has 0 atom stereocenters. The molecule has 0 amide bonds. The van der Waals surface area contributed by atoms with Crippen molar-refractivity contribution >= 4 is 5.82 Å². The van der Waals surface area contributed by atoms with Crippen molar-refractivity contribution in [1.29, 1.82) is 5.26 Å². The summed E-state index contributed by atoms with van der Waals surface area (Å²) in [7, 11) is 0. The highest BCUT2D eigenvalue weighted by molar-refractivity contribution is 5.56. The average Bonchev–Trinajstić information content (AvgIpc) is 2.21. The molecule has 0 aliphatic heterocycles. The highest BCUT2D eigenvalue weighted by atomic mass is 16.3. The Morgan fingerprint density at radius 1 is 1.38 bits per heavy atom. The van der Waals surface area contributed by atoms with Crippen LogP contribution in [0, 0.1) is 25.2 Å². The molecule has 0 saturated heterocycles. The molecule has 16 heavy (non-hydrogen) atoms. The van der Waals surface area contributed by atoms with Gasteiger partial charge < -0.3 is 10.4 Å². The van der Waals surface area contributed by atoms with E-state index in [4.69, 9.17) is 5.26 Å². The SMILES string of the molecule is Cc1nnc(NC2CC(O)C2)c(C#N)c1C. The smallest absolute Gasteiger partial charge is 0.167 e. The number of aliphatic hydroxyl groups is 1. The summed E-state index contributed by atoms with van der Waals surface area (Å²) in [5.41, 5.74) is 2.18. The summed E-state index contributed by atoms with van der Waals surface area (Å²) in [4.78, 5) is 0. The minimum Gasteiger partial charge on any atom is -0.393 e. The van der Waals surface area contributed by atoms with E-state index in [9.17, 15) is 5.11 Å². The fraction of sp³-hybridized carbons (Fsp3) is 0.545. The number of anilines is 1. The normalized spacial score (nSPS) is 23.4. The molecule has 5 heteroatoms. The Balaban J connectivity index is 2.21. The molecule has 0 aromatic carbocycles. The lowest BCUT2D eigenvalue weighted by Gasteiger charge is -2.32. The van der Waals surface area contributed by atoms with Gasteiger partial charge in [0.25, 0.3) is 0 Å². The Hall–Kier alpha value is -1.67. The average molecular weight is 218 g/mol. The topological polar surface area (TPSA) is 81.8 Å². The van der Waals surface area contributed by atoms with E-state index in [2.05, 4.69) is 21.6 Å². The molecule has 0 spiro atoms. The summed E-state index contributed by atoms with van der Waals surface area (Å²) >= 11 is 0. The molecule has 2 N–H and O–H groups in total. The molecule has 0 bridgehead atoms. The second-order valence-electron chi connectivity index (χ2n) is 4.21. The summed E-state index contributed by atoms with van der Waals surface area (Å²) in [6, 6.07) is 2.35. The Kier molecular flexibility index (Phi) is 2.75. The largest absolute Gasteiger partial charge is 0.393 e. The summed E-state index contributed by atoms with van der Waals surface area (Å²) in [5, 5.41) is 29.4. The highest BCUT2D eigenvalue weighted by Gasteiger charge is 2.28. The first-order valence-electron chi connectivity index (χ1n) is 5.30. The molecule has 5 nitrogen and oxygen atoms in total. The van der Waals surface area contributed by atoms with E-state index in [1.807, 2.05) is 13.8 Å². The third-order valence-electron chi connectivity index (χ3n) is 3.02. The van der Waals surface area contributed by atoms with E-state index >= 15 is 0 Å². The van der Waals surface area contributed by atoms with Crippen molar-refractivity contribution in [2.24, 2.45) is 0 Å². The van der Waals surface area contributed by atoms with E-state index in [-0.39, 0.29) is 12.1 Å². The van der Waals surface area contributed by atoms with Crippen LogP contribution in [0.5, 0.6) is 0 Å². The number of hydrogen-bond donors (Lipinski definition) is 2. The van der Waals surface area contributed by atoms with Crippen LogP contribution in [-0.2, 0) is 0 Å². The van der Waals surface area contributed by atoms with Crippen LogP contribution >= 0.6 is 0 Å². The zero-order valence-corrected chi connectivity index (χ0v) is 9.36. The van der Waals surface area contributed by atoms with Crippen LogP contribution in [0.2, 0.25) is 0 Å². The molecular weight excluding hydrogens is 204 g/mol. The molecule has 2 rings (SSSR count). The predicted molar refractivity (Wildman–Crippen MR) is 58.9 cm³/mol. The maximum Gasteiger partial charge on any atom is 0.167 e. The molecule has 1 aromatic heterocycles. The van der Waals surface area contributed by atoms with Gasteiger partial charge in [-0.1, -0.05) is 0 Å². The van der Waals surface area contributed by atoms with Crippen LogP contribution < -0.4 is 5.32 Å². The van der Waals surface area contributed by atoms with Crippen LogP contribution in [0.1, 0.15) is 29.7 Å². The first kappa shape index (κ1) is 10.8. The third-order valence-corrected chi connectivity index (χ3v) is 3.02. The van der Waals surface area contributed by atoms with Crippen molar-refractivity contribution in [3.05, 3.63) is 16.8 Å². The minimum absolute atomic E-state index is 0.207. The Bertz CT molecular complexity index is 446. The van der Waals surface area contributed by atoms with Crippen molar-refractivity contribution in [3.8, 4) is 6.07 Å². The second-order valence-corrected chi connectivity index (χ2v) is 4.21. The molecule has 0 radical (unpaired) electrons. The fourth-order valence-corrected chi connectivity index (χ4v) is 1.75. The van der Waals surface area contributed by atoms with Crippen molar-refractivity contribution in [2.45, 2.75) is 38.8 Å². The quantitative estimate of drug-likeness (QED) is 0.770. The van der Waals surface area contributed by atoms with Gasteiger partial charge in [-0.05, 0) is 32.3 Å². The molecule has 84 valence electrons. The lowest BCUT2D eigenvalue weighted by atomic mass is 9.89. The highest BCUT2D eigenvalue weighted by Crippen LogP contribution is 2.25. The number of nitriles is 1. The van der Waals surface area contributed by atoms with Gasteiger partial charge in [-0.25, -0.2) is 0 Å². The van der Waals surface area contributed by atoms with Crippen LogP contribution in [-0.4, -0.2) is 27.4 Å². The monoisotopic (exact) mass is 218 g/mol. The van der Waals surface area contributed by atoms with Crippen LogP contribution in [0.4, 0.5) is 5.82 Å². The van der Waals surface area contributed by atoms with Gasteiger partial charge in [0.05, 0.1) is 11.8 Å². The number of aliphatic hydroxyl groups excluding tert-OH is 1. The summed E-state index contributed by atoms with van der Waals surface area (Å²) in [6.45, 7) is 3.70. The van der Waals surface area contributed by atoms with E-state index in [1.165, 1.54) is 0 Å². The zero-order valence-electron chi connectivity index (χ0n) is 9.36. The standard InChI is InChI=1S/C11H14N4O/c1-6-7(2)14-15-11(10(6)5-12)13-8-3-9(16)4-8/h8-9,16H,3-4H2,1-2H3,(H,13,15). The van der Waals surface area contributed by atoms with Crippen LogP contribution in [0.3, 0.4) is 0 Å². The number of aromatic nitrogens is 2. The number of aryl methyl sites for hydroxylation is 1. The van der Waals surface area contributed by atoms with Gasteiger partial charge in [0.2, 0.25) is 0 Å². The Labute approximate surface area is 94.1 Å². The second kappa shape index (κ2) is 4.06. The molecule has 1 aromatic rings. The molecule has 1 aliphatic carbocycles. The zero-order chi connectivity index (χ0) is 11.7. The maximum atomic E-state index is 9.18. The lowest BCUT2D eigenvalue weighted by Crippen LogP contribution is -2.39. The molecule has 1 heterocycles. The maximum absolute atomic E-state index is 9.18. The van der Waals surface area contributed by atoms with Crippen molar-refractivity contribution in [3.63, 3.8) is 0 Å². The lowest BCUT2D eigenvalue weighted by molar-refractivity contribution is 0.0835. The molecule has 0 unspecified atom stereocenters. The van der Waals surface area contributed by atoms with Gasteiger partial charge in [0.15, 0.2) is 5.82 Å². The number of rotatable bonds is 2. The number of hydrogen-bond acceptors (Lipinski definition) is 5. The van der Waals surface area contributed by atoms with Gasteiger partial charge in [-0.15, -0.1) is 5.10 Å². The van der Waals surface area contributed by atoms with Gasteiger partial charge in [-0.3, -0.25) is 0 Å². The van der Waals surface area contributed by atoms with Crippen molar-refractivity contribution in [2.75, 3.05) is 5.32 Å². The number of nitrogens with zero attached hydrogens (tertiary/aromatic N) is 3. The summed E-state index contributed by atoms with van der Waals surface area (Å²) < 4.78 is 0. The molecule has 1 aliphatic rings. The number of nitrogens with one attached hydrogen (secondary N) is 1. The van der Waals surface area contributed by atoms with Gasteiger partial charge in [0.1, 0.15) is 11.6 Å². The van der Waals surface area contributed by atoms with Gasteiger partial charge in [-0.2, -0.15) is 10.4 Å². The third kappa shape index (κ3) is 1.84. The van der Waals surface area contributed by atoms with Crippen molar-refractivity contribution in [1.82, 2.24) is 10.2 Å². The summed E-state index contributed by atoms with van der Waals surface area (Å²) in [6.07, 6.45) is 1.20. The predicted octanol–water partition coefficient (Wildman–Crippen LogP) is 0.900.